The molecule has 1 fully saturated rings. The second-order valence-electron chi connectivity index (χ2n) is 6.74. The van der Waals surface area contributed by atoms with Gasteiger partial charge in [0.1, 0.15) is 0 Å². The highest BCUT2D eigenvalue weighted by atomic mass is 35.5. The van der Waals surface area contributed by atoms with E-state index in [1.54, 1.807) is 24.3 Å². The number of carbonyl (C=O) groups is 1. The van der Waals surface area contributed by atoms with E-state index in [1.807, 2.05) is 0 Å². The van der Waals surface area contributed by atoms with Crippen LogP contribution < -0.4 is 0 Å². The summed E-state index contributed by atoms with van der Waals surface area (Å²) in [7, 11) is -7.04. The van der Waals surface area contributed by atoms with Crippen LogP contribution in [0.25, 0.3) is 0 Å². The maximum Gasteiger partial charge on any atom is 0.274 e. The molecule has 0 saturated carbocycles. The van der Waals surface area contributed by atoms with Crippen molar-refractivity contribution in [1.82, 2.24) is 14.9 Å². The van der Waals surface area contributed by atoms with Crippen LogP contribution in [0.3, 0.4) is 0 Å². The summed E-state index contributed by atoms with van der Waals surface area (Å²) >= 11 is 12.0. The molecule has 2 aromatic rings. The fraction of sp³-hybridized carbons (Fsp3) is 0.353. The molecule has 0 aliphatic carbocycles. The molecule has 0 unspecified atom stereocenters. The minimum absolute atomic E-state index is 0.0336. The van der Waals surface area contributed by atoms with Crippen molar-refractivity contribution in [2.24, 2.45) is 0 Å². The van der Waals surface area contributed by atoms with Gasteiger partial charge >= 0.3 is 0 Å². The molecular weight excluding hydrogens is 461 g/mol. The zero-order valence-electron chi connectivity index (χ0n) is 15.2. The SMILES string of the molecule is CS(=O)(=O)c1ncc(Cl)c(C(=O)N(Cc2ccc(Cl)cc2)[C@@H]2CCS(=O)(=O)C2)n1. The number of nitrogens with zero attached hydrogens (tertiary/aromatic N) is 3. The molecule has 29 heavy (non-hydrogen) atoms. The molecule has 2 heterocycles. The first-order valence-electron chi connectivity index (χ1n) is 8.45. The number of carbonyl (C=O) groups excluding carboxylic acids is 1. The van der Waals surface area contributed by atoms with E-state index in [9.17, 15) is 21.6 Å². The van der Waals surface area contributed by atoms with E-state index < -0.39 is 36.8 Å². The lowest BCUT2D eigenvalue weighted by Crippen LogP contribution is -2.41. The van der Waals surface area contributed by atoms with Crippen LogP contribution in [0.15, 0.2) is 35.6 Å². The zero-order valence-corrected chi connectivity index (χ0v) is 18.4. The van der Waals surface area contributed by atoms with E-state index in [0.29, 0.717) is 5.02 Å². The lowest BCUT2D eigenvalue weighted by atomic mass is 10.1. The van der Waals surface area contributed by atoms with Gasteiger partial charge in [-0.3, -0.25) is 4.79 Å². The Hall–Kier alpha value is -1.75. The molecule has 0 N–H and O–H groups in total. The molecule has 156 valence electrons. The number of benzene rings is 1. The molecular formula is C17H17Cl2N3O5S2. The number of sulfone groups is 2. The van der Waals surface area contributed by atoms with Crippen LogP contribution in [0.5, 0.6) is 0 Å². The van der Waals surface area contributed by atoms with Crippen molar-refractivity contribution < 1.29 is 21.6 Å². The predicted octanol–water partition coefficient (Wildman–Crippen LogP) is 2.02. The van der Waals surface area contributed by atoms with E-state index in [4.69, 9.17) is 23.2 Å². The molecule has 0 bridgehead atoms. The van der Waals surface area contributed by atoms with Crippen molar-refractivity contribution in [2.75, 3.05) is 17.8 Å². The standard InChI is InChI=1S/C17H17Cl2N3O5S2/c1-28(24,25)17-20-8-14(19)15(21-17)16(23)22(13-6-7-29(26,27)10-13)9-11-2-4-12(18)5-3-11/h2-5,8,13H,6-7,9-10H2,1H3/t13-/m1/s1. The average Bonchev–Trinajstić information content (AvgIpc) is 2.99. The van der Waals surface area contributed by atoms with Gasteiger partial charge < -0.3 is 4.90 Å². The molecule has 12 heteroatoms. The number of amides is 1. The highest BCUT2D eigenvalue weighted by molar-refractivity contribution is 7.91. The molecule has 1 amide bonds. The van der Waals surface area contributed by atoms with Gasteiger partial charge in [-0.1, -0.05) is 35.3 Å². The number of aromatic nitrogens is 2. The highest BCUT2D eigenvalue weighted by Gasteiger charge is 2.36. The Balaban J connectivity index is 2.01. The van der Waals surface area contributed by atoms with Crippen LogP contribution in [-0.4, -0.2) is 61.4 Å². The third-order valence-corrected chi connectivity index (χ3v) is 7.57. The Morgan fingerprint density at radius 3 is 2.45 bits per heavy atom. The Labute approximate surface area is 178 Å². The maximum atomic E-state index is 13.2. The van der Waals surface area contributed by atoms with Gasteiger partial charge in [-0.15, -0.1) is 0 Å². The van der Waals surface area contributed by atoms with Crippen molar-refractivity contribution in [3.05, 3.63) is 51.8 Å². The average molecular weight is 478 g/mol. The summed E-state index contributed by atoms with van der Waals surface area (Å²) in [5, 5.41) is -0.133. The summed E-state index contributed by atoms with van der Waals surface area (Å²) in [5.41, 5.74) is 0.431. The molecule has 1 aliphatic heterocycles. The summed E-state index contributed by atoms with van der Waals surface area (Å²) in [6, 6.07) is 6.16. The summed E-state index contributed by atoms with van der Waals surface area (Å²) in [5.74, 6) is -0.887. The van der Waals surface area contributed by atoms with E-state index in [1.165, 1.54) is 4.90 Å². The number of halogens is 2. The van der Waals surface area contributed by atoms with E-state index in [0.717, 1.165) is 18.0 Å². The molecule has 0 spiro atoms. The number of hydrogen-bond acceptors (Lipinski definition) is 7. The van der Waals surface area contributed by atoms with Crippen LogP contribution >= 0.6 is 23.2 Å². The summed E-state index contributed by atoms with van der Waals surface area (Å²) in [6.07, 6.45) is 2.23. The van der Waals surface area contributed by atoms with Crippen molar-refractivity contribution in [3.8, 4) is 0 Å². The minimum Gasteiger partial charge on any atom is -0.329 e. The van der Waals surface area contributed by atoms with Gasteiger partial charge in [0.2, 0.25) is 15.0 Å². The van der Waals surface area contributed by atoms with Gasteiger partial charge in [-0.2, -0.15) is 0 Å². The Morgan fingerprint density at radius 1 is 1.24 bits per heavy atom. The number of rotatable bonds is 5. The van der Waals surface area contributed by atoms with E-state index in [-0.39, 0.29) is 35.2 Å². The van der Waals surface area contributed by atoms with Gasteiger partial charge in [0.15, 0.2) is 15.5 Å². The molecule has 1 aromatic heterocycles. The van der Waals surface area contributed by atoms with Crippen LogP contribution in [-0.2, 0) is 26.2 Å². The van der Waals surface area contributed by atoms with Gasteiger partial charge in [-0.05, 0) is 24.1 Å². The molecule has 1 saturated heterocycles. The van der Waals surface area contributed by atoms with Crippen molar-refractivity contribution in [2.45, 2.75) is 24.2 Å². The van der Waals surface area contributed by atoms with Crippen LogP contribution in [0.1, 0.15) is 22.5 Å². The van der Waals surface area contributed by atoms with Gasteiger partial charge in [0.05, 0.1) is 22.7 Å². The summed E-state index contributed by atoms with van der Waals surface area (Å²) in [4.78, 5) is 22.1. The number of hydrogen-bond donors (Lipinski definition) is 0. The lowest BCUT2D eigenvalue weighted by molar-refractivity contribution is 0.0674. The minimum atomic E-state index is -3.76. The molecule has 3 rings (SSSR count). The second-order valence-corrected chi connectivity index (χ2v) is 11.7. The van der Waals surface area contributed by atoms with E-state index in [2.05, 4.69) is 9.97 Å². The molecule has 1 aliphatic rings. The van der Waals surface area contributed by atoms with Gasteiger partial charge in [0, 0.05) is 23.9 Å². The van der Waals surface area contributed by atoms with Crippen LogP contribution in [0.2, 0.25) is 10.0 Å². The molecule has 8 nitrogen and oxygen atoms in total. The molecule has 1 atom stereocenters. The normalized spacial score (nSPS) is 18.5. The first-order valence-corrected chi connectivity index (χ1v) is 12.9. The van der Waals surface area contributed by atoms with E-state index >= 15 is 0 Å². The summed E-state index contributed by atoms with van der Waals surface area (Å²) < 4.78 is 47.5. The van der Waals surface area contributed by atoms with Crippen LogP contribution in [0, 0.1) is 0 Å². The highest BCUT2D eigenvalue weighted by Crippen LogP contribution is 2.25. The predicted molar refractivity (Wildman–Crippen MR) is 109 cm³/mol. The zero-order chi connectivity index (χ0) is 21.4. The molecule has 0 radical (unpaired) electrons. The Morgan fingerprint density at radius 2 is 1.90 bits per heavy atom. The van der Waals surface area contributed by atoms with Gasteiger partial charge in [0.25, 0.3) is 5.91 Å². The Bertz CT molecular complexity index is 1150. The largest absolute Gasteiger partial charge is 0.329 e. The Kier molecular flexibility index (Phi) is 6.19. The van der Waals surface area contributed by atoms with Crippen LogP contribution in [0.4, 0.5) is 0 Å². The van der Waals surface area contributed by atoms with Crippen molar-refractivity contribution in [3.63, 3.8) is 0 Å². The summed E-state index contributed by atoms with van der Waals surface area (Å²) in [6.45, 7) is 0.0880. The maximum absolute atomic E-state index is 13.2. The van der Waals surface area contributed by atoms with Crippen molar-refractivity contribution in [1.29, 1.82) is 0 Å². The smallest absolute Gasteiger partial charge is 0.274 e. The first-order chi connectivity index (χ1) is 13.5. The quantitative estimate of drug-likeness (QED) is 0.604. The molecule has 1 aromatic carbocycles. The first kappa shape index (κ1) is 21.9. The third-order valence-electron chi connectivity index (χ3n) is 4.43. The van der Waals surface area contributed by atoms with Crippen molar-refractivity contribution >= 4 is 48.8 Å². The fourth-order valence-electron chi connectivity index (χ4n) is 2.99. The fourth-order valence-corrected chi connectivity index (χ4v) is 5.52. The topological polar surface area (TPSA) is 114 Å². The third kappa shape index (κ3) is 5.25. The lowest BCUT2D eigenvalue weighted by Gasteiger charge is -2.28. The second kappa shape index (κ2) is 8.17. The van der Waals surface area contributed by atoms with Gasteiger partial charge in [-0.25, -0.2) is 26.8 Å². The monoisotopic (exact) mass is 477 g/mol.